The van der Waals surface area contributed by atoms with Crippen molar-refractivity contribution in [3.05, 3.63) is 61.2 Å². The Morgan fingerprint density at radius 2 is 1.95 bits per heavy atom. The number of likely N-dealkylation sites (tertiary alicyclic amines) is 1. The number of thioether (sulfide) groups is 1. The number of carbonyl (C=O) groups excluding carboxylic acids is 3. The molecule has 3 heterocycles. The van der Waals surface area contributed by atoms with Crippen LogP contribution in [0.3, 0.4) is 0 Å². The third-order valence-electron chi connectivity index (χ3n) is 8.34. The molecule has 1 aromatic carbocycles. The summed E-state index contributed by atoms with van der Waals surface area (Å²) < 4.78 is 4.68. The topological polar surface area (TPSA) is 87.1 Å². The van der Waals surface area contributed by atoms with E-state index in [1.807, 2.05) is 51.1 Å². The molecule has 38 heavy (non-hydrogen) atoms. The summed E-state index contributed by atoms with van der Waals surface area (Å²) in [5.74, 6) is -2.13. The fourth-order valence-electron chi connectivity index (χ4n) is 6.75. The molecule has 1 spiro atoms. The molecular formula is C30H40N2O5S. The van der Waals surface area contributed by atoms with Crippen LogP contribution in [0, 0.1) is 17.8 Å². The molecule has 0 aromatic heterocycles. The minimum atomic E-state index is -0.817. The lowest BCUT2D eigenvalue weighted by Gasteiger charge is -2.45. The zero-order chi connectivity index (χ0) is 27.8. The fourth-order valence-corrected chi connectivity index (χ4v) is 9.14. The van der Waals surface area contributed by atoms with Crippen molar-refractivity contribution in [2.45, 2.75) is 68.2 Å². The average molecular weight is 541 g/mol. The molecule has 3 aliphatic rings. The Kier molecular flexibility index (Phi) is 8.15. The molecule has 3 aliphatic heterocycles. The Morgan fingerprint density at radius 1 is 1.26 bits per heavy atom. The molecular weight excluding hydrogens is 500 g/mol. The number of aliphatic hydroxyl groups is 1. The van der Waals surface area contributed by atoms with Crippen LogP contribution in [0.1, 0.15) is 39.7 Å². The predicted molar refractivity (Wildman–Crippen MR) is 149 cm³/mol. The zero-order valence-corrected chi connectivity index (χ0v) is 23.7. The lowest BCUT2D eigenvalue weighted by molar-refractivity contribution is -0.154. The van der Waals surface area contributed by atoms with Gasteiger partial charge in [-0.2, -0.15) is 0 Å². The zero-order valence-electron chi connectivity index (χ0n) is 22.8. The molecule has 0 saturated carbocycles. The van der Waals surface area contributed by atoms with Gasteiger partial charge in [-0.05, 0) is 45.1 Å². The van der Waals surface area contributed by atoms with Gasteiger partial charge in [0.25, 0.3) is 0 Å². The van der Waals surface area contributed by atoms with Crippen molar-refractivity contribution in [2.75, 3.05) is 19.8 Å². The van der Waals surface area contributed by atoms with Gasteiger partial charge >= 0.3 is 5.97 Å². The maximum absolute atomic E-state index is 14.6. The molecule has 7 atom stereocenters. The number of hydrogen-bond donors (Lipinski definition) is 1. The van der Waals surface area contributed by atoms with Crippen LogP contribution in [0.15, 0.2) is 55.6 Å². The molecule has 1 aromatic rings. The van der Waals surface area contributed by atoms with E-state index in [0.29, 0.717) is 13.0 Å². The third kappa shape index (κ3) is 4.60. The first-order chi connectivity index (χ1) is 18.0. The van der Waals surface area contributed by atoms with E-state index < -0.39 is 40.2 Å². The van der Waals surface area contributed by atoms with Gasteiger partial charge in [0.15, 0.2) is 0 Å². The lowest BCUT2D eigenvalue weighted by Crippen LogP contribution is -2.62. The fraction of sp³-hybridized carbons (Fsp3) is 0.567. The highest BCUT2D eigenvalue weighted by atomic mass is 32.2. The van der Waals surface area contributed by atoms with Crippen molar-refractivity contribution in [3.8, 4) is 0 Å². The van der Waals surface area contributed by atoms with Crippen LogP contribution in [0.5, 0.6) is 0 Å². The summed E-state index contributed by atoms with van der Waals surface area (Å²) in [4.78, 5) is 45.7. The second kappa shape index (κ2) is 10.9. The predicted octanol–water partition coefficient (Wildman–Crippen LogP) is 3.47. The Labute approximate surface area is 230 Å². The molecule has 3 unspecified atom stereocenters. The van der Waals surface area contributed by atoms with Crippen LogP contribution in [-0.4, -0.2) is 80.1 Å². The monoisotopic (exact) mass is 540 g/mol. The van der Waals surface area contributed by atoms with Crippen LogP contribution >= 0.6 is 11.8 Å². The minimum absolute atomic E-state index is 0.0236. The normalized spacial score (nSPS) is 30.6. The summed E-state index contributed by atoms with van der Waals surface area (Å²) in [5.41, 5.74) is 0.446. The highest BCUT2D eigenvalue weighted by Gasteiger charge is 2.77. The average Bonchev–Trinajstić information content (AvgIpc) is 3.47. The number of nitrogens with zero attached hydrogens (tertiary/aromatic N) is 2. The molecule has 2 amide bonds. The number of carbonyl (C=O) groups is 3. The Bertz CT molecular complexity index is 1090. The van der Waals surface area contributed by atoms with Crippen LogP contribution < -0.4 is 0 Å². The summed E-state index contributed by atoms with van der Waals surface area (Å²) in [5, 5.41) is 10.5. The highest BCUT2D eigenvalue weighted by molar-refractivity contribution is 8.02. The standard InChI is InChI=1S/C30H40N2O5S/c1-7-14-31(29(4,5)6)27(35)25-30-19(3)16-22(38-30)23(28(36)37-15-8-2)24(30)26(34)32(25)21(18-33)17-20-12-10-9-11-13-20/h7-13,19,21-25,33H,1-2,14-18H2,3-6H3/t19?,21-,22-,23+,24+,25?,30?/m1/s1. The number of ether oxygens (including phenoxy) is 1. The summed E-state index contributed by atoms with van der Waals surface area (Å²) in [7, 11) is 0. The van der Waals surface area contributed by atoms with Gasteiger partial charge < -0.3 is 19.6 Å². The van der Waals surface area contributed by atoms with Crippen molar-refractivity contribution < 1.29 is 24.2 Å². The van der Waals surface area contributed by atoms with Crippen molar-refractivity contribution in [2.24, 2.45) is 17.8 Å². The highest BCUT2D eigenvalue weighted by Crippen LogP contribution is 2.69. The van der Waals surface area contributed by atoms with Crippen LogP contribution in [-0.2, 0) is 25.5 Å². The molecule has 3 saturated heterocycles. The maximum Gasteiger partial charge on any atom is 0.311 e. The number of hydrogen-bond acceptors (Lipinski definition) is 6. The molecule has 3 fully saturated rings. The smallest absolute Gasteiger partial charge is 0.311 e. The van der Waals surface area contributed by atoms with Crippen LogP contribution in [0.25, 0.3) is 0 Å². The first kappa shape index (κ1) is 28.4. The molecule has 0 aliphatic carbocycles. The Morgan fingerprint density at radius 3 is 2.53 bits per heavy atom. The Balaban J connectivity index is 1.84. The van der Waals surface area contributed by atoms with Gasteiger partial charge in [-0.3, -0.25) is 14.4 Å². The summed E-state index contributed by atoms with van der Waals surface area (Å²) >= 11 is 1.61. The molecule has 8 heteroatoms. The van der Waals surface area contributed by atoms with Crippen LogP contribution in [0.4, 0.5) is 0 Å². The number of esters is 1. The van der Waals surface area contributed by atoms with Crippen LogP contribution in [0.2, 0.25) is 0 Å². The van der Waals surface area contributed by atoms with Gasteiger partial charge in [0.05, 0.1) is 29.2 Å². The van der Waals surface area contributed by atoms with Crippen molar-refractivity contribution in [1.82, 2.24) is 9.80 Å². The lowest BCUT2D eigenvalue weighted by atomic mass is 9.66. The SMILES string of the molecule is C=CCOC(=O)[C@@H]1[C@H]2C(=O)N([C@@H](CO)Cc3ccccc3)C(C(=O)N(CC=C)C(C)(C)C)C23S[C@@H]1CC3C. The maximum atomic E-state index is 14.6. The van der Waals surface area contributed by atoms with Gasteiger partial charge in [0, 0.05) is 17.3 Å². The van der Waals surface area contributed by atoms with Crippen molar-refractivity contribution >= 4 is 29.5 Å². The number of aliphatic hydroxyl groups excluding tert-OH is 1. The van der Waals surface area contributed by atoms with Crippen molar-refractivity contribution in [3.63, 3.8) is 0 Å². The largest absolute Gasteiger partial charge is 0.461 e. The van der Waals surface area contributed by atoms with E-state index in [0.717, 1.165) is 12.0 Å². The van der Waals surface area contributed by atoms with Gasteiger partial charge in [-0.1, -0.05) is 56.0 Å². The number of benzene rings is 1. The van der Waals surface area contributed by atoms with E-state index in [-0.39, 0.29) is 36.2 Å². The van der Waals surface area contributed by atoms with Gasteiger partial charge in [-0.15, -0.1) is 18.3 Å². The van der Waals surface area contributed by atoms with E-state index in [1.54, 1.807) is 27.6 Å². The third-order valence-corrected chi connectivity index (χ3v) is 10.4. The molecule has 7 nitrogen and oxygen atoms in total. The summed E-state index contributed by atoms with van der Waals surface area (Å²) in [6, 6.07) is 8.24. The molecule has 4 rings (SSSR count). The van der Waals surface area contributed by atoms with Gasteiger partial charge in [0.1, 0.15) is 12.6 Å². The second-order valence-electron chi connectivity index (χ2n) is 11.7. The van der Waals surface area contributed by atoms with E-state index in [9.17, 15) is 19.5 Å². The van der Waals surface area contributed by atoms with Gasteiger partial charge in [0.2, 0.25) is 11.8 Å². The first-order valence-electron chi connectivity index (χ1n) is 13.4. The molecule has 2 bridgehead atoms. The molecule has 1 N–H and O–H groups in total. The number of rotatable bonds is 10. The Hall–Kier alpha value is -2.58. The summed E-state index contributed by atoms with van der Waals surface area (Å²) in [6.45, 7) is 15.6. The summed E-state index contributed by atoms with van der Waals surface area (Å²) in [6.07, 6.45) is 4.34. The number of fused-ring (bicyclic) bond motifs is 1. The van der Waals surface area contributed by atoms with Gasteiger partial charge in [-0.25, -0.2) is 0 Å². The second-order valence-corrected chi connectivity index (χ2v) is 13.2. The minimum Gasteiger partial charge on any atom is -0.461 e. The first-order valence-corrected chi connectivity index (χ1v) is 14.3. The molecule has 206 valence electrons. The number of amides is 2. The van der Waals surface area contributed by atoms with E-state index in [4.69, 9.17) is 4.74 Å². The van der Waals surface area contributed by atoms with Crippen molar-refractivity contribution in [1.29, 1.82) is 0 Å². The van der Waals surface area contributed by atoms with E-state index in [2.05, 4.69) is 20.1 Å². The van der Waals surface area contributed by atoms with E-state index >= 15 is 0 Å². The van der Waals surface area contributed by atoms with E-state index in [1.165, 1.54) is 6.08 Å². The quantitative estimate of drug-likeness (QED) is 0.361. The molecule has 0 radical (unpaired) electrons.